The third kappa shape index (κ3) is 2.68. The summed E-state index contributed by atoms with van der Waals surface area (Å²) in [6.07, 6.45) is 0.721. The third-order valence-corrected chi connectivity index (χ3v) is 1.95. The smallest absolute Gasteiger partial charge is 0.417 e. The molecule has 16 heavy (non-hydrogen) atoms. The molecule has 0 atom stereocenters. The van der Waals surface area contributed by atoms with Crippen LogP contribution < -0.4 is 0 Å². The van der Waals surface area contributed by atoms with Crippen molar-refractivity contribution >= 4 is 17.8 Å². The number of amides is 2. The second-order valence-corrected chi connectivity index (χ2v) is 4.57. The molecule has 5 heteroatoms. The van der Waals surface area contributed by atoms with Gasteiger partial charge < -0.3 is 4.74 Å². The topological polar surface area (TPSA) is 63.7 Å². The van der Waals surface area contributed by atoms with Crippen LogP contribution in [0.15, 0.2) is 11.6 Å². The highest BCUT2D eigenvalue weighted by Gasteiger charge is 2.33. The van der Waals surface area contributed by atoms with Gasteiger partial charge in [-0.05, 0) is 33.8 Å². The van der Waals surface area contributed by atoms with Crippen molar-refractivity contribution in [3.05, 3.63) is 11.6 Å². The highest BCUT2D eigenvalue weighted by molar-refractivity contribution is 6.22. The van der Waals surface area contributed by atoms with Gasteiger partial charge in [0.15, 0.2) is 5.78 Å². The van der Waals surface area contributed by atoms with E-state index in [0.717, 1.165) is 4.90 Å². The molecule has 1 aliphatic heterocycles. The van der Waals surface area contributed by atoms with Crippen LogP contribution in [0.5, 0.6) is 0 Å². The molecule has 0 spiro atoms. The Balaban J connectivity index is 2.71. The zero-order chi connectivity index (χ0) is 12.5. The Kier molecular flexibility index (Phi) is 3.16. The van der Waals surface area contributed by atoms with E-state index in [-0.39, 0.29) is 17.9 Å². The highest BCUT2D eigenvalue weighted by Crippen LogP contribution is 2.16. The fourth-order valence-electron chi connectivity index (χ4n) is 1.27. The normalized spacial score (nSPS) is 16.1. The van der Waals surface area contributed by atoms with Crippen LogP contribution in [-0.4, -0.2) is 34.8 Å². The Hall–Kier alpha value is -1.65. The molecule has 0 aromatic carbocycles. The minimum atomic E-state index is -0.718. The van der Waals surface area contributed by atoms with Crippen molar-refractivity contribution in [1.29, 1.82) is 0 Å². The van der Waals surface area contributed by atoms with E-state index >= 15 is 0 Å². The van der Waals surface area contributed by atoms with Crippen LogP contribution in [0.3, 0.4) is 0 Å². The molecular formula is C11H15NO4. The molecule has 0 saturated carbocycles. The maximum atomic E-state index is 11.6. The minimum Gasteiger partial charge on any atom is -0.443 e. The molecular weight excluding hydrogens is 210 g/mol. The molecule has 0 fully saturated rings. The van der Waals surface area contributed by atoms with Crippen molar-refractivity contribution in [3.63, 3.8) is 0 Å². The number of hydrogen-bond donors (Lipinski definition) is 0. The maximum Gasteiger partial charge on any atom is 0.417 e. The van der Waals surface area contributed by atoms with Crippen molar-refractivity contribution < 1.29 is 19.1 Å². The van der Waals surface area contributed by atoms with E-state index in [1.807, 2.05) is 0 Å². The van der Waals surface area contributed by atoms with Gasteiger partial charge in [0.25, 0.3) is 5.91 Å². The molecule has 0 aromatic rings. The number of carbonyl (C=O) groups excluding carboxylic acids is 3. The first-order valence-corrected chi connectivity index (χ1v) is 4.98. The summed E-state index contributed by atoms with van der Waals surface area (Å²) in [7, 11) is 0. The number of carbonyl (C=O) groups is 3. The van der Waals surface area contributed by atoms with Crippen molar-refractivity contribution in [2.24, 2.45) is 0 Å². The predicted octanol–water partition coefficient (Wildman–Crippen LogP) is 1.28. The van der Waals surface area contributed by atoms with E-state index in [2.05, 4.69) is 0 Å². The Morgan fingerprint density at radius 3 is 2.31 bits per heavy atom. The van der Waals surface area contributed by atoms with Gasteiger partial charge in [0, 0.05) is 0 Å². The summed E-state index contributed by atoms with van der Waals surface area (Å²) in [5.74, 6) is -0.919. The average Bonchev–Trinajstić information content (AvgIpc) is 2.43. The molecule has 0 saturated heterocycles. The standard InChI is InChI=1S/C11H15NO4/c1-7(13)8-5-6-12(9(8)14)10(15)16-11(2,3)4/h5H,6H2,1-4H3. The van der Waals surface area contributed by atoms with Gasteiger partial charge in [0.1, 0.15) is 5.60 Å². The summed E-state index contributed by atoms with van der Waals surface area (Å²) in [6, 6.07) is 0. The number of ketones is 1. The molecule has 2 amide bonds. The summed E-state index contributed by atoms with van der Waals surface area (Å²) in [6.45, 7) is 6.53. The minimum absolute atomic E-state index is 0.0471. The summed E-state index contributed by atoms with van der Waals surface area (Å²) < 4.78 is 5.04. The zero-order valence-electron chi connectivity index (χ0n) is 9.86. The Bertz CT molecular complexity index is 376. The van der Waals surface area contributed by atoms with Crippen molar-refractivity contribution in [2.45, 2.75) is 33.3 Å². The van der Waals surface area contributed by atoms with Crippen molar-refractivity contribution in [2.75, 3.05) is 6.54 Å². The molecule has 0 N–H and O–H groups in total. The van der Waals surface area contributed by atoms with Crippen molar-refractivity contribution in [1.82, 2.24) is 4.90 Å². The lowest BCUT2D eigenvalue weighted by Crippen LogP contribution is -2.39. The Labute approximate surface area is 94.1 Å². The van der Waals surface area contributed by atoms with E-state index in [1.54, 1.807) is 20.8 Å². The van der Waals surface area contributed by atoms with E-state index < -0.39 is 17.6 Å². The monoisotopic (exact) mass is 225 g/mol. The van der Waals surface area contributed by atoms with Gasteiger partial charge in [0.05, 0.1) is 12.1 Å². The third-order valence-electron chi connectivity index (χ3n) is 1.95. The van der Waals surface area contributed by atoms with Crippen LogP contribution in [0, 0.1) is 0 Å². The van der Waals surface area contributed by atoms with E-state index in [4.69, 9.17) is 4.74 Å². The zero-order valence-corrected chi connectivity index (χ0v) is 9.86. The second-order valence-electron chi connectivity index (χ2n) is 4.57. The summed E-state index contributed by atoms with van der Waals surface area (Å²) in [4.78, 5) is 35.1. The predicted molar refractivity (Wildman–Crippen MR) is 56.7 cm³/mol. The molecule has 1 heterocycles. The van der Waals surface area contributed by atoms with Gasteiger partial charge in [-0.25, -0.2) is 9.69 Å². The molecule has 0 aromatic heterocycles. The molecule has 88 valence electrons. The Morgan fingerprint density at radius 1 is 1.38 bits per heavy atom. The molecule has 5 nitrogen and oxygen atoms in total. The molecule has 0 radical (unpaired) electrons. The van der Waals surface area contributed by atoms with Gasteiger partial charge in [-0.2, -0.15) is 0 Å². The van der Waals surface area contributed by atoms with E-state index in [9.17, 15) is 14.4 Å². The fourth-order valence-corrected chi connectivity index (χ4v) is 1.27. The van der Waals surface area contributed by atoms with Gasteiger partial charge in [-0.15, -0.1) is 0 Å². The number of hydrogen-bond acceptors (Lipinski definition) is 4. The average molecular weight is 225 g/mol. The molecule has 1 aliphatic rings. The lowest BCUT2D eigenvalue weighted by molar-refractivity contribution is -0.127. The lowest BCUT2D eigenvalue weighted by atomic mass is 10.2. The summed E-state index contributed by atoms with van der Waals surface area (Å²) in [5, 5.41) is 0. The Morgan fingerprint density at radius 2 is 1.94 bits per heavy atom. The molecule has 1 rings (SSSR count). The van der Waals surface area contributed by atoms with Crippen LogP contribution in [0.25, 0.3) is 0 Å². The first-order chi connectivity index (χ1) is 7.22. The van der Waals surface area contributed by atoms with E-state index in [0.29, 0.717) is 0 Å². The first kappa shape index (κ1) is 12.4. The van der Waals surface area contributed by atoms with Gasteiger partial charge in [-0.1, -0.05) is 0 Å². The fraction of sp³-hybridized carbons (Fsp3) is 0.545. The number of ether oxygens (including phenoxy) is 1. The lowest BCUT2D eigenvalue weighted by Gasteiger charge is -2.23. The van der Waals surface area contributed by atoms with Crippen LogP contribution >= 0.6 is 0 Å². The van der Waals surface area contributed by atoms with Gasteiger partial charge >= 0.3 is 6.09 Å². The van der Waals surface area contributed by atoms with Crippen LogP contribution in [0.2, 0.25) is 0 Å². The van der Waals surface area contributed by atoms with Gasteiger partial charge in [0.2, 0.25) is 0 Å². The quantitative estimate of drug-likeness (QED) is 0.630. The molecule has 0 unspecified atom stereocenters. The number of nitrogens with zero attached hydrogens (tertiary/aromatic N) is 1. The van der Waals surface area contributed by atoms with Crippen LogP contribution in [0.4, 0.5) is 4.79 Å². The highest BCUT2D eigenvalue weighted by atomic mass is 16.6. The van der Waals surface area contributed by atoms with Gasteiger partial charge in [-0.3, -0.25) is 9.59 Å². The van der Waals surface area contributed by atoms with Crippen molar-refractivity contribution in [3.8, 4) is 0 Å². The maximum absolute atomic E-state index is 11.6. The van der Waals surface area contributed by atoms with Crippen LogP contribution in [-0.2, 0) is 14.3 Å². The largest absolute Gasteiger partial charge is 0.443 e. The SMILES string of the molecule is CC(=O)C1=CCN(C(=O)OC(C)(C)C)C1=O. The first-order valence-electron chi connectivity index (χ1n) is 4.98. The number of rotatable bonds is 1. The molecule has 0 bridgehead atoms. The van der Waals surface area contributed by atoms with E-state index in [1.165, 1.54) is 13.0 Å². The summed E-state index contributed by atoms with van der Waals surface area (Å²) in [5.41, 5.74) is -0.609. The molecule has 0 aliphatic carbocycles. The van der Waals surface area contributed by atoms with Crippen LogP contribution in [0.1, 0.15) is 27.7 Å². The second kappa shape index (κ2) is 4.08. The number of Topliss-reactive ketones (excluding diaryl/α,β-unsaturated/α-hetero) is 1. The summed E-state index contributed by atoms with van der Waals surface area (Å²) >= 11 is 0. The number of imide groups is 1.